The van der Waals surface area contributed by atoms with Crippen molar-refractivity contribution < 1.29 is 14.7 Å². The van der Waals surface area contributed by atoms with Gasteiger partial charge >= 0.3 is 5.97 Å². The van der Waals surface area contributed by atoms with Crippen LogP contribution in [-0.4, -0.2) is 52.5 Å². The number of oxime groups is 1. The number of benzene rings is 1. The molecule has 1 N–H and O–H groups in total. The van der Waals surface area contributed by atoms with Gasteiger partial charge in [0.25, 0.3) is 0 Å². The van der Waals surface area contributed by atoms with Gasteiger partial charge in [0.1, 0.15) is 12.3 Å². The van der Waals surface area contributed by atoms with Gasteiger partial charge in [0.05, 0.1) is 11.6 Å². The van der Waals surface area contributed by atoms with Crippen molar-refractivity contribution in [3.63, 3.8) is 0 Å². The molecule has 1 saturated heterocycles. The van der Waals surface area contributed by atoms with E-state index < -0.39 is 5.97 Å². The molecule has 2 heterocycles. The van der Waals surface area contributed by atoms with Gasteiger partial charge in [-0.2, -0.15) is 0 Å². The lowest BCUT2D eigenvalue weighted by Gasteiger charge is -2.29. The van der Waals surface area contributed by atoms with E-state index in [4.69, 9.17) is 4.84 Å². The Morgan fingerprint density at radius 1 is 1.26 bits per heavy atom. The standard InChI is InChI=1S/C20H25N3O3.ClH/c1-22-11-6-10-18(22)19(16-7-3-2-4-8-16)21-26-14-13-23-12-5-9-17(15-23)20(24)25;/h2-4,6-8,10-11,17H,5,9,12-15H2,1H3,(H,24,25);1H/b21-19-;/t17-;/m1./s1. The molecule has 0 bridgehead atoms. The van der Waals surface area contributed by atoms with E-state index in [0.717, 1.165) is 36.4 Å². The Bertz CT molecular complexity index is 761. The van der Waals surface area contributed by atoms with Crippen molar-refractivity contribution in [1.29, 1.82) is 0 Å². The van der Waals surface area contributed by atoms with Crippen molar-refractivity contribution in [2.24, 2.45) is 18.1 Å². The summed E-state index contributed by atoms with van der Waals surface area (Å²) < 4.78 is 2.01. The minimum Gasteiger partial charge on any atom is -0.481 e. The van der Waals surface area contributed by atoms with E-state index in [1.807, 2.05) is 60.3 Å². The first-order valence-corrected chi connectivity index (χ1v) is 8.97. The van der Waals surface area contributed by atoms with Gasteiger partial charge in [-0.3, -0.25) is 9.69 Å². The molecule has 146 valence electrons. The van der Waals surface area contributed by atoms with Gasteiger partial charge in [-0.05, 0) is 31.5 Å². The van der Waals surface area contributed by atoms with E-state index in [0.29, 0.717) is 19.7 Å². The average molecular weight is 392 g/mol. The molecule has 1 aliphatic heterocycles. The number of likely N-dealkylation sites (tertiary alicyclic amines) is 1. The molecule has 0 aliphatic carbocycles. The molecule has 6 nitrogen and oxygen atoms in total. The maximum absolute atomic E-state index is 11.2. The lowest BCUT2D eigenvalue weighted by atomic mass is 9.98. The average Bonchev–Trinajstić information content (AvgIpc) is 3.08. The number of piperidine rings is 1. The second-order valence-electron chi connectivity index (χ2n) is 6.62. The highest BCUT2D eigenvalue weighted by molar-refractivity contribution is 6.11. The topological polar surface area (TPSA) is 67.1 Å². The number of hydrogen-bond donors (Lipinski definition) is 1. The number of aliphatic carboxylic acids is 1. The smallest absolute Gasteiger partial charge is 0.307 e. The number of halogens is 1. The molecular weight excluding hydrogens is 366 g/mol. The molecule has 0 saturated carbocycles. The number of aromatic nitrogens is 1. The quantitative estimate of drug-likeness (QED) is 0.447. The largest absolute Gasteiger partial charge is 0.481 e. The van der Waals surface area contributed by atoms with Gasteiger partial charge < -0.3 is 14.5 Å². The Labute approximate surface area is 165 Å². The molecule has 2 aromatic rings. The number of nitrogens with zero attached hydrogens (tertiary/aromatic N) is 3. The van der Waals surface area contributed by atoms with Crippen LogP contribution in [0.5, 0.6) is 0 Å². The van der Waals surface area contributed by atoms with E-state index in [2.05, 4.69) is 10.1 Å². The molecule has 1 aromatic heterocycles. The van der Waals surface area contributed by atoms with E-state index in [1.165, 1.54) is 0 Å². The fraction of sp³-hybridized carbons (Fsp3) is 0.400. The SMILES string of the molecule is Cl.Cn1cccc1/C(=N\OCCN1CCC[C@@H](C(=O)O)C1)c1ccccc1. The highest BCUT2D eigenvalue weighted by Crippen LogP contribution is 2.16. The minimum absolute atomic E-state index is 0. The summed E-state index contributed by atoms with van der Waals surface area (Å²) in [5.41, 5.74) is 2.78. The first-order chi connectivity index (χ1) is 12.6. The first kappa shape index (κ1) is 21.0. The number of rotatable bonds is 7. The van der Waals surface area contributed by atoms with Crippen molar-refractivity contribution in [3.05, 3.63) is 59.9 Å². The number of carboxylic acids is 1. The van der Waals surface area contributed by atoms with Crippen LogP contribution in [0.25, 0.3) is 0 Å². The molecule has 0 unspecified atom stereocenters. The summed E-state index contributed by atoms with van der Waals surface area (Å²) in [6.07, 6.45) is 3.66. The highest BCUT2D eigenvalue weighted by Gasteiger charge is 2.25. The van der Waals surface area contributed by atoms with E-state index in [1.54, 1.807) is 0 Å². The van der Waals surface area contributed by atoms with Crippen molar-refractivity contribution >= 4 is 24.1 Å². The summed E-state index contributed by atoms with van der Waals surface area (Å²) in [7, 11) is 1.98. The van der Waals surface area contributed by atoms with Gasteiger partial charge in [0.2, 0.25) is 0 Å². The lowest BCUT2D eigenvalue weighted by Crippen LogP contribution is -2.40. The summed E-state index contributed by atoms with van der Waals surface area (Å²) in [5, 5.41) is 13.6. The van der Waals surface area contributed by atoms with Crippen LogP contribution in [0.2, 0.25) is 0 Å². The third-order valence-corrected chi connectivity index (χ3v) is 4.74. The molecule has 3 rings (SSSR count). The summed E-state index contributed by atoms with van der Waals surface area (Å²) in [6, 6.07) is 13.9. The van der Waals surface area contributed by atoms with E-state index in [9.17, 15) is 9.90 Å². The fourth-order valence-electron chi connectivity index (χ4n) is 3.29. The zero-order valence-corrected chi connectivity index (χ0v) is 16.3. The van der Waals surface area contributed by atoms with Crippen molar-refractivity contribution in [2.45, 2.75) is 12.8 Å². The number of carbonyl (C=O) groups is 1. The maximum Gasteiger partial charge on any atom is 0.307 e. The van der Waals surface area contributed by atoms with Crippen LogP contribution in [0.3, 0.4) is 0 Å². The van der Waals surface area contributed by atoms with Crippen LogP contribution in [0.4, 0.5) is 0 Å². The fourth-order valence-corrected chi connectivity index (χ4v) is 3.29. The number of carboxylic acid groups (broad SMARTS) is 1. The second kappa shape index (κ2) is 10.1. The van der Waals surface area contributed by atoms with Crippen molar-refractivity contribution in [2.75, 3.05) is 26.2 Å². The second-order valence-corrected chi connectivity index (χ2v) is 6.62. The van der Waals surface area contributed by atoms with Gasteiger partial charge in [0, 0.05) is 31.9 Å². The summed E-state index contributed by atoms with van der Waals surface area (Å²) >= 11 is 0. The van der Waals surface area contributed by atoms with Crippen LogP contribution in [-0.2, 0) is 16.7 Å². The molecule has 1 atom stereocenters. The zero-order valence-electron chi connectivity index (χ0n) is 15.5. The predicted molar refractivity (Wildman–Crippen MR) is 107 cm³/mol. The van der Waals surface area contributed by atoms with Gasteiger partial charge in [-0.15, -0.1) is 12.4 Å². The molecule has 27 heavy (non-hydrogen) atoms. The van der Waals surface area contributed by atoms with Crippen LogP contribution < -0.4 is 0 Å². The molecule has 7 heteroatoms. The van der Waals surface area contributed by atoms with E-state index in [-0.39, 0.29) is 18.3 Å². The van der Waals surface area contributed by atoms with Crippen LogP contribution >= 0.6 is 12.4 Å². The normalized spacial score (nSPS) is 18.0. The summed E-state index contributed by atoms with van der Waals surface area (Å²) in [6.45, 7) is 2.63. The van der Waals surface area contributed by atoms with Crippen molar-refractivity contribution in [1.82, 2.24) is 9.47 Å². The molecule has 1 aromatic carbocycles. The maximum atomic E-state index is 11.2. The van der Waals surface area contributed by atoms with Crippen molar-refractivity contribution in [3.8, 4) is 0 Å². The van der Waals surface area contributed by atoms with Gasteiger partial charge in [-0.25, -0.2) is 0 Å². The molecule has 0 spiro atoms. The number of aryl methyl sites for hydroxylation is 1. The van der Waals surface area contributed by atoms with Crippen LogP contribution in [0, 0.1) is 5.92 Å². The molecule has 1 aliphatic rings. The van der Waals surface area contributed by atoms with Crippen LogP contribution in [0.15, 0.2) is 53.8 Å². The zero-order chi connectivity index (χ0) is 18.4. The molecule has 0 amide bonds. The Kier molecular flexibility index (Phi) is 7.88. The van der Waals surface area contributed by atoms with E-state index >= 15 is 0 Å². The molecule has 0 radical (unpaired) electrons. The Morgan fingerprint density at radius 3 is 2.70 bits per heavy atom. The first-order valence-electron chi connectivity index (χ1n) is 8.97. The third-order valence-electron chi connectivity index (χ3n) is 4.74. The van der Waals surface area contributed by atoms with Crippen LogP contribution in [0.1, 0.15) is 24.1 Å². The number of hydrogen-bond acceptors (Lipinski definition) is 4. The Morgan fingerprint density at radius 2 is 2.04 bits per heavy atom. The molecule has 1 fully saturated rings. The monoisotopic (exact) mass is 391 g/mol. The third kappa shape index (κ3) is 5.58. The summed E-state index contributed by atoms with van der Waals surface area (Å²) in [4.78, 5) is 18.9. The van der Waals surface area contributed by atoms with Gasteiger partial charge in [0.15, 0.2) is 0 Å². The Hall–Kier alpha value is -2.31. The lowest BCUT2D eigenvalue weighted by molar-refractivity contribution is -0.143. The highest BCUT2D eigenvalue weighted by atomic mass is 35.5. The predicted octanol–water partition coefficient (Wildman–Crippen LogP) is 3.01. The molecular formula is C20H26ClN3O3. The minimum atomic E-state index is -0.705. The Balaban J connectivity index is 0.00000261. The summed E-state index contributed by atoms with van der Waals surface area (Å²) in [5.74, 6) is -0.973. The van der Waals surface area contributed by atoms with Gasteiger partial charge in [-0.1, -0.05) is 35.5 Å².